The predicted octanol–water partition coefficient (Wildman–Crippen LogP) is 0.735. The molecule has 0 aromatic rings. The summed E-state index contributed by atoms with van der Waals surface area (Å²) in [5.74, 6) is 0. The number of hydrogen-bond donors (Lipinski definition) is 2. The fourth-order valence-electron chi connectivity index (χ4n) is 2.41. The van der Waals surface area contributed by atoms with Gasteiger partial charge in [-0.1, -0.05) is 0 Å². The molecular weight excluding hydrogens is 260 g/mol. The fraction of sp³-hybridized carbons (Fsp3) is 0.929. The van der Waals surface area contributed by atoms with Crippen molar-refractivity contribution in [1.82, 2.24) is 10.2 Å². The van der Waals surface area contributed by atoms with Crippen LogP contribution >= 0.6 is 0 Å². The first kappa shape index (κ1) is 15.5. The summed E-state index contributed by atoms with van der Waals surface area (Å²) in [7, 11) is 0. The standard InChI is InChI=1S/C14H26N2O4/c1-10-14(18,5-6-19-10)9-15-11-7-16(8-11)12(17)20-13(2,3)4/h10-11,15,18H,5-9H2,1-4H3. The quantitative estimate of drug-likeness (QED) is 0.800. The molecule has 2 atom stereocenters. The van der Waals surface area contributed by atoms with Crippen molar-refractivity contribution < 1.29 is 19.4 Å². The zero-order valence-corrected chi connectivity index (χ0v) is 12.8. The molecule has 1 amide bonds. The van der Waals surface area contributed by atoms with Crippen LogP contribution in [0.4, 0.5) is 4.79 Å². The predicted molar refractivity (Wildman–Crippen MR) is 74.6 cm³/mol. The fourth-order valence-corrected chi connectivity index (χ4v) is 2.41. The minimum atomic E-state index is -0.785. The third kappa shape index (κ3) is 3.62. The summed E-state index contributed by atoms with van der Waals surface area (Å²) < 4.78 is 10.7. The van der Waals surface area contributed by atoms with Gasteiger partial charge in [0, 0.05) is 38.7 Å². The van der Waals surface area contributed by atoms with Gasteiger partial charge in [-0.05, 0) is 27.7 Å². The van der Waals surface area contributed by atoms with Crippen molar-refractivity contribution in [3.63, 3.8) is 0 Å². The molecule has 0 bridgehead atoms. The van der Waals surface area contributed by atoms with E-state index in [1.54, 1.807) is 4.90 Å². The van der Waals surface area contributed by atoms with Crippen LogP contribution < -0.4 is 5.32 Å². The first-order valence-corrected chi connectivity index (χ1v) is 7.25. The number of rotatable bonds is 3. The van der Waals surface area contributed by atoms with Gasteiger partial charge in [0.15, 0.2) is 0 Å². The van der Waals surface area contributed by atoms with Crippen molar-refractivity contribution in [3.8, 4) is 0 Å². The molecule has 2 N–H and O–H groups in total. The third-order valence-electron chi connectivity index (χ3n) is 3.89. The zero-order chi connectivity index (χ0) is 15.0. The van der Waals surface area contributed by atoms with Crippen LogP contribution in [0.25, 0.3) is 0 Å². The molecule has 2 saturated heterocycles. The highest BCUT2D eigenvalue weighted by atomic mass is 16.6. The van der Waals surface area contributed by atoms with E-state index in [0.29, 0.717) is 32.7 Å². The average molecular weight is 286 g/mol. The average Bonchev–Trinajstić information content (AvgIpc) is 2.54. The first-order valence-electron chi connectivity index (χ1n) is 7.25. The summed E-state index contributed by atoms with van der Waals surface area (Å²) >= 11 is 0. The normalized spacial score (nSPS) is 31.2. The number of nitrogens with zero attached hydrogens (tertiary/aromatic N) is 1. The Morgan fingerprint density at radius 2 is 2.15 bits per heavy atom. The number of hydrogen-bond acceptors (Lipinski definition) is 5. The first-order chi connectivity index (χ1) is 9.20. The molecule has 2 rings (SSSR count). The van der Waals surface area contributed by atoms with Gasteiger partial charge < -0.3 is 24.8 Å². The van der Waals surface area contributed by atoms with Crippen molar-refractivity contribution in [3.05, 3.63) is 0 Å². The third-order valence-corrected chi connectivity index (χ3v) is 3.89. The van der Waals surface area contributed by atoms with Crippen molar-refractivity contribution in [2.45, 2.75) is 57.5 Å². The molecule has 0 radical (unpaired) electrons. The molecule has 2 unspecified atom stereocenters. The molecular formula is C14H26N2O4. The van der Waals surface area contributed by atoms with Gasteiger partial charge in [-0.15, -0.1) is 0 Å². The lowest BCUT2D eigenvalue weighted by molar-refractivity contribution is -0.0338. The van der Waals surface area contributed by atoms with Gasteiger partial charge in [-0.2, -0.15) is 0 Å². The number of carbonyl (C=O) groups excluding carboxylic acids is 1. The molecule has 2 aliphatic rings. The lowest BCUT2D eigenvalue weighted by Crippen LogP contribution is -2.63. The highest BCUT2D eigenvalue weighted by Gasteiger charge is 2.41. The monoisotopic (exact) mass is 286 g/mol. The van der Waals surface area contributed by atoms with Crippen molar-refractivity contribution in [2.24, 2.45) is 0 Å². The summed E-state index contributed by atoms with van der Waals surface area (Å²) in [6.07, 6.45) is 0.243. The smallest absolute Gasteiger partial charge is 0.410 e. The largest absolute Gasteiger partial charge is 0.444 e. The van der Waals surface area contributed by atoms with Gasteiger partial charge in [0.05, 0.1) is 6.10 Å². The van der Waals surface area contributed by atoms with E-state index >= 15 is 0 Å². The van der Waals surface area contributed by atoms with Crippen LogP contribution in [-0.2, 0) is 9.47 Å². The topological polar surface area (TPSA) is 71.0 Å². The van der Waals surface area contributed by atoms with E-state index in [4.69, 9.17) is 9.47 Å². The molecule has 2 fully saturated rings. The molecule has 6 nitrogen and oxygen atoms in total. The second kappa shape index (κ2) is 5.50. The molecule has 0 spiro atoms. The lowest BCUT2D eigenvalue weighted by atomic mass is 9.96. The van der Waals surface area contributed by atoms with Crippen LogP contribution in [0.5, 0.6) is 0 Å². The van der Waals surface area contributed by atoms with Crippen LogP contribution in [0.2, 0.25) is 0 Å². The SMILES string of the molecule is CC1OCCC1(O)CNC1CN(C(=O)OC(C)(C)C)C1. The van der Waals surface area contributed by atoms with Crippen LogP contribution in [0, 0.1) is 0 Å². The Kier molecular flexibility index (Phi) is 4.27. The Balaban J connectivity index is 1.68. The van der Waals surface area contributed by atoms with Crippen LogP contribution in [-0.4, -0.2) is 65.7 Å². The van der Waals surface area contributed by atoms with E-state index in [0.717, 1.165) is 0 Å². The summed E-state index contributed by atoms with van der Waals surface area (Å²) in [5.41, 5.74) is -1.24. The molecule has 0 aliphatic carbocycles. The Bertz CT molecular complexity index is 363. The zero-order valence-electron chi connectivity index (χ0n) is 12.8. The molecule has 6 heteroatoms. The highest BCUT2D eigenvalue weighted by molar-refractivity contribution is 5.69. The molecule has 0 aromatic heterocycles. The Morgan fingerprint density at radius 3 is 2.65 bits per heavy atom. The van der Waals surface area contributed by atoms with Crippen LogP contribution in [0.3, 0.4) is 0 Å². The van der Waals surface area contributed by atoms with Crippen molar-refractivity contribution in [1.29, 1.82) is 0 Å². The summed E-state index contributed by atoms with van der Waals surface area (Å²) in [5, 5.41) is 13.7. The Hall–Kier alpha value is -0.850. The maximum absolute atomic E-state index is 11.8. The van der Waals surface area contributed by atoms with Gasteiger partial charge in [0.25, 0.3) is 0 Å². The number of amides is 1. The van der Waals surface area contributed by atoms with E-state index in [-0.39, 0.29) is 18.2 Å². The molecule has 2 heterocycles. The molecule has 2 aliphatic heterocycles. The number of aliphatic hydroxyl groups is 1. The summed E-state index contributed by atoms with van der Waals surface area (Å²) in [6.45, 7) is 9.82. The van der Waals surface area contributed by atoms with E-state index < -0.39 is 11.2 Å². The van der Waals surface area contributed by atoms with Gasteiger partial charge in [0.2, 0.25) is 0 Å². The number of ether oxygens (including phenoxy) is 2. The lowest BCUT2D eigenvalue weighted by Gasteiger charge is -2.41. The van der Waals surface area contributed by atoms with E-state index in [1.165, 1.54) is 0 Å². The van der Waals surface area contributed by atoms with Crippen LogP contribution in [0.1, 0.15) is 34.1 Å². The number of likely N-dealkylation sites (tertiary alicyclic amines) is 1. The van der Waals surface area contributed by atoms with E-state index in [2.05, 4.69) is 5.32 Å². The minimum Gasteiger partial charge on any atom is -0.444 e. The summed E-state index contributed by atoms with van der Waals surface area (Å²) in [6, 6.07) is 0.222. The van der Waals surface area contributed by atoms with Crippen molar-refractivity contribution in [2.75, 3.05) is 26.2 Å². The molecule has 0 aromatic carbocycles. The number of nitrogens with one attached hydrogen (secondary N) is 1. The molecule has 20 heavy (non-hydrogen) atoms. The Morgan fingerprint density at radius 1 is 1.50 bits per heavy atom. The van der Waals surface area contributed by atoms with Gasteiger partial charge >= 0.3 is 6.09 Å². The minimum absolute atomic E-state index is 0.142. The molecule has 116 valence electrons. The van der Waals surface area contributed by atoms with Gasteiger partial charge in [-0.3, -0.25) is 0 Å². The second-order valence-corrected chi connectivity index (χ2v) is 6.83. The maximum atomic E-state index is 11.8. The number of carbonyl (C=O) groups is 1. The second-order valence-electron chi connectivity index (χ2n) is 6.83. The highest BCUT2D eigenvalue weighted by Crippen LogP contribution is 2.25. The van der Waals surface area contributed by atoms with E-state index in [9.17, 15) is 9.90 Å². The maximum Gasteiger partial charge on any atom is 0.410 e. The Labute approximate surface area is 120 Å². The van der Waals surface area contributed by atoms with Crippen LogP contribution in [0.15, 0.2) is 0 Å². The van der Waals surface area contributed by atoms with E-state index in [1.807, 2.05) is 27.7 Å². The van der Waals surface area contributed by atoms with Gasteiger partial charge in [0.1, 0.15) is 11.2 Å². The van der Waals surface area contributed by atoms with Gasteiger partial charge in [-0.25, -0.2) is 4.79 Å². The van der Waals surface area contributed by atoms with Crippen molar-refractivity contribution >= 4 is 6.09 Å². The summed E-state index contributed by atoms with van der Waals surface area (Å²) in [4.78, 5) is 13.4. The molecule has 0 saturated carbocycles.